The van der Waals surface area contributed by atoms with Gasteiger partial charge in [0.05, 0.1) is 12.2 Å². The fraction of sp³-hybridized carbons (Fsp3) is 0.312. The van der Waals surface area contributed by atoms with Crippen molar-refractivity contribution in [3.63, 3.8) is 0 Å². The Labute approximate surface area is 266 Å². The molecule has 1 aliphatic heterocycles. The second-order valence-electron chi connectivity index (χ2n) is 11.0. The smallest absolute Gasteiger partial charge is 0.302 e. The molecule has 13 heteroatoms. The van der Waals surface area contributed by atoms with Gasteiger partial charge in [0.1, 0.15) is 30.2 Å². The highest BCUT2D eigenvalue weighted by atomic mass is 32.2. The van der Waals surface area contributed by atoms with Crippen LogP contribution < -0.4 is 10.3 Å². The Bertz CT molecular complexity index is 1880. The number of hydrogen-bond donors (Lipinski definition) is 0. The van der Waals surface area contributed by atoms with E-state index in [1.165, 1.54) is 34.1 Å². The summed E-state index contributed by atoms with van der Waals surface area (Å²) in [5, 5.41) is 0.448. The number of fused-ring (bicyclic) bond motifs is 1. The first-order valence-electron chi connectivity index (χ1n) is 14.4. The first-order chi connectivity index (χ1) is 21.7. The van der Waals surface area contributed by atoms with Crippen molar-refractivity contribution in [2.75, 3.05) is 19.3 Å². The third kappa shape index (κ3) is 6.81. The van der Waals surface area contributed by atoms with Gasteiger partial charge in [-0.1, -0.05) is 36.4 Å². The van der Waals surface area contributed by atoms with Gasteiger partial charge >= 0.3 is 5.56 Å². The minimum atomic E-state index is -1.38. The summed E-state index contributed by atoms with van der Waals surface area (Å²) in [5.74, 6) is -0.237. The molecule has 0 saturated carbocycles. The van der Waals surface area contributed by atoms with Crippen LogP contribution in [0.25, 0.3) is 16.5 Å². The number of aromatic nitrogens is 4. The van der Waals surface area contributed by atoms with E-state index in [0.29, 0.717) is 29.4 Å². The van der Waals surface area contributed by atoms with Crippen molar-refractivity contribution in [2.24, 2.45) is 0 Å². The quantitative estimate of drug-likeness (QED) is 0.219. The van der Waals surface area contributed by atoms with E-state index in [-0.39, 0.29) is 48.5 Å². The molecule has 234 valence electrons. The van der Waals surface area contributed by atoms with Gasteiger partial charge in [-0.25, -0.2) is 18.8 Å². The second-order valence-corrected chi connectivity index (χ2v) is 13.5. The number of thiazole rings is 1. The van der Waals surface area contributed by atoms with Gasteiger partial charge in [-0.05, 0) is 36.7 Å². The van der Waals surface area contributed by atoms with Gasteiger partial charge in [-0.2, -0.15) is 0 Å². The first kappa shape index (κ1) is 31.0. The molecule has 3 atom stereocenters. The molecule has 0 N–H and O–H groups in total. The molecule has 0 radical (unpaired) electrons. The minimum Gasteiger partial charge on any atom is -0.612 e. The summed E-state index contributed by atoms with van der Waals surface area (Å²) in [6, 6.07) is 13.7. The number of carbonyl (C=O) groups is 1. The molecule has 1 amide bonds. The standard InChI is InChI=1S/C32H32FN5O5S2/c1-20-16-37(17-21(2)43-20)27(39)18-36-11-12-38-31(40)29(42-19-22-7-5-4-6-8-22)28(35-32(36)38)30-34-15-25(44-30)13-23-9-10-24(33)14-26(23)45(3)41/h4-12,14-15,20-21H,13,16-19H2,1-3H3/t20-,21-,45?/m1/s1. The number of nitrogens with zero attached hydrogens (tertiary/aromatic N) is 5. The van der Waals surface area contributed by atoms with Gasteiger partial charge in [-0.3, -0.25) is 9.59 Å². The number of halogens is 1. The Kier molecular flexibility index (Phi) is 9.04. The van der Waals surface area contributed by atoms with Crippen LogP contribution in [0.5, 0.6) is 5.75 Å². The lowest BCUT2D eigenvalue weighted by Gasteiger charge is -2.35. The summed E-state index contributed by atoms with van der Waals surface area (Å²) in [7, 11) is 0. The number of ether oxygens (including phenoxy) is 2. The Balaban J connectivity index is 1.36. The van der Waals surface area contributed by atoms with E-state index in [2.05, 4.69) is 4.98 Å². The zero-order valence-corrected chi connectivity index (χ0v) is 26.6. The lowest BCUT2D eigenvalue weighted by atomic mass is 10.1. The van der Waals surface area contributed by atoms with Crippen LogP contribution in [0.1, 0.15) is 29.9 Å². The summed E-state index contributed by atoms with van der Waals surface area (Å²) in [5.41, 5.74) is 1.42. The number of hydrogen-bond acceptors (Lipinski definition) is 8. The molecule has 4 heterocycles. The molecular formula is C32H32FN5O5S2. The maximum atomic E-state index is 13.9. The number of carbonyl (C=O) groups excluding carboxylic acids is 1. The molecular weight excluding hydrogens is 618 g/mol. The van der Waals surface area contributed by atoms with Gasteiger partial charge in [-0.15, -0.1) is 11.3 Å². The van der Waals surface area contributed by atoms with Crippen molar-refractivity contribution in [1.82, 2.24) is 23.8 Å². The van der Waals surface area contributed by atoms with Crippen molar-refractivity contribution in [3.8, 4) is 16.5 Å². The van der Waals surface area contributed by atoms with Crippen molar-refractivity contribution < 1.29 is 23.2 Å². The molecule has 10 nitrogen and oxygen atoms in total. The van der Waals surface area contributed by atoms with Crippen molar-refractivity contribution in [2.45, 2.75) is 50.5 Å². The Morgan fingerprint density at radius 2 is 1.91 bits per heavy atom. The highest BCUT2D eigenvalue weighted by Crippen LogP contribution is 2.32. The lowest BCUT2D eigenvalue weighted by Crippen LogP contribution is -2.49. The van der Waals surface area contributed by atoms with Crippen LogP contribution >= 0.6 is 11.3 Å². The summed E-state index contributed by atoms with van der Waals surface area (Å²) < 4.78 is 41.1. The molecule has 1 fully saturated rings. The van der Waals surface area contributed by atoms with E-state index >= 15 is 0 Å². The average Bonchev–Trinajstić information content (AvgIpc) is 3.64. The molecule has 0 spiro atoms. The minimum absolute atomic E-state index is 0.00331. The van der Waals surface area contributed by atoms with Crippen LogP contribution in [-0.4, -0.2) is 65.8 Å². The van der Waals surface area contributed by atoms with E-state index in [9.17, 15) is 18.5 Å². The highest BCUT2D eigenvalue weighted by Gasteiger charge is 2.27. The van der Waals surface area contributed by atoms with Crippen molar-refractivity contribution in [1.29, 1.82) is 0 Å². The van der Waals surface area contributed by atoms with Gasteiger partial charge in [0, 0.05) is 54.6 Å². The molecule has 1 saturated heterocycles. The Morgan fingerprint density at radius 1 is 1.16 bits per heavy atom. The average molecular weight is 650 g/mol. The SMILES string of the molecule is C[C@@H]1CN(C(=O)Cn2ccn3c(=O)c(OCc4ccccc4)c(-c4ncc(Cc5ccc(F)cc5[S+](C)[O-])s4)nc23)C[C@@H](C)O1. The topological polar surface area (TPSA) is 114 Å². The third-order valence-electron chi connectivity index (χ3n) is 7.47. The normalized spacial score (nSPS) is 17.5. The van der Waals surface area contributed by atoms with Crippen LogP contribution in [0, 0.1) is 5.82 Å². The Morgan fingerprint density at radius 3 is 2.64 bits per heavy atom. The lowest BCUT2D eigenvalue weighted by molar-refractivity contribution is -0.143. The van der Waals surface area contributed by atoms with Crippen LogP contribution in [-0.2, 0) is 40.3 Å². The van der Waals surface area contributed by atoms with Gasteiger partial charge < -0.3 is 23.5 Å². The number of rotatable bonds is 9. The van der Waals surface area contributed by atoms with Crippen LogP contribution in [0.4, 0.5) is 4.39 Å². The van der Waals surface area contributed by atoms with Gasteiger partial charge in [0.2, 0.25) is 17.4 Å². The molecule has 0 bridgehead atoms. The van der Waals surface area contributed by atoms with E-state index in [1.807, 2.05) is 44.2 Å². The van der Waals surface area contributed by atoms with Crippen molar-refractivity contribution in [3.05, 3.63) is 99.3 Å². The Hall–Kier alpha value is -4.04. The van der Waals surface area contributed by atoms with Crippen LogP contribution in [0.3, 0.4) is 0 Å². The predicted octanol–water partition coefficient (Wildman–Crippen LogP) is 4.30. The number of amides is 1. The fourth-order valence-electron chi connectivity index (χ4n) is 5.44. The summed E-state index contributed by atoms with van der Waals surface area (Å²) in [4.78, 5) is 39.6. The maximum Gasteiger partial charge on any atom is 0.302 e. The van der Waals surface area contributed by atoms with Gasteiger partial charge in [0.25, 0.3) is 0 Å². The third-order valence-corrected chi connectivity index (χ3v) is 9.48. The van der Waals surface area contributed by atoms with E-state index in [4.69, 9.17) is 14.5 Å². The van der Waals surface area contributed by atoms with E-state index in [1.54, 1.807) is 34.1 Å². The van der Waals surface area contributed by atoms with E-state index in [0.717, 1.165) is 16.0 Å². The zero-order valence-electron chi connectivity index (χ0n) is 25.0. The first-order valence-corrected chi connectivity index (χ1v) is 16.8. The molecule has 2 aromatic carbocycles. The summed E-state index contributed by atoms with van der Waals surface area (Å²) in [6.45, 7) is 4.99. The molecule has 45 heavy (non-hydrogen) atoms. The largest absolute Gasteiger partial charge is 0.612 e. The predicted molar refractivity (Wildman–Crippen MR) is 169 cm³/mol. The van der Waals surface area contributed by atoms with Crippen molar-refractivity contribution >= 4 is 34.2 Å². The highest BCUT2D eigenvalue weighted by molar-refractivity contribution is 7.90. The molecule has 3 aromatic heterocycles. The molecule has 5 aromatic rings. The zero-order chi connectivity index (χ0) is 31.7. The molecule has 0 aliphatic carbocycles. The number of benzene rings is 2. The summed E-state index contributed by atoms with van der Waals surface area (Å²) >= 11 is -0.0680. The van der Waals surface area contributed by atoms with Crippen LogP contribution in [0.2, 0.25) is 0 Å². The monoisotopic (exact) mass is 649 g/mol. The second kappa shape index (κ2) is 13.1. The fourth-order valence-corrected chi connectivity index (χ4v) is 7.15. The van der Waals surface area contributed by atoms with E-state index < -0.39 is 22.6 Å². The summed E-state index contributed by atoms with van der Waals surface area (Å²) in [6.07, 6.45) is 6.65. The molecule has 6 rings (SSSR count). The van der Waals surface area contributed by atoms with Gasteiger partial charge in [0.15, 0.2) is 10.6 Å². The molecule has 1 unspecified atom stereocenters. The van der Waals surface area contributed by atoms with Crippen LogP contribution in [0.15, 0.2) is 76.8 Å². The maximum absolute atomic E-state index is 13.9. The molecule has 1 aliphatic rings. The number of imidazole rings is 1. The number of morpholine rings is 1.